The van der Waals surface area contributed by atoms with Crippen LogP contribution in [-0.2, 0) is 17.6 Å². The number of aryl methyl sites for hydroxylation is 4. The topological polar surface area (TPSA) is 72.2 Å². The zero-order valence-corrected chi connectivity index (χ0v) is 14.4. The second-order valence-electron chi connectivity index (χ2n) is 5.95. The maximum Gasteiger partial charge on any atom is 0.252 e. The van der Waals surface area contributed by atoms with Crippen LogP contribution in [0.4, 0.5) is 5.69 Å². The molecule has 6 nitrogen and oxygen atoms in total. The minimum absolute atomic E-state index is 0.0676. The highest BCUT2D eigenvalue weighted by Gasteiger charge is 2.15. The Bertz CT molecular complexity index is 896. The van der Waals surface area contributed by atoms with E-state index in [9.17, 15) is 4.79 Å². The van der Waals surface area contributed by atoms with Crippen LogP contribution in [0.5, 0.6) is 0 Å². The Morgan fingerprint density at radius 3 is 2.50 bits per heavy atom. The molecule has 124 valence electrons. The number of carbonyl (C=O) groups excluding carboxylic acids is 1. The lowest BCUT2D eigenvalue weighted by molar-refractivity contribution is -0.115. The molecule has 0 aliphatic rings. The van der Waals surface area contributed by atoms with Crippen molar-refractivity contribution in [3.8, 4) is 0 Å². The zero-order valence-electron chi connectivity index (χ0n) is 14.4. The van der Waals surface area contributed by atoms with E-state index in [2.05, 4.69) is 20.4 Å². The van der Waals surface area contributed by atoms with Crippen molar-refractivity contribution in [1.29, 1.82) is 0 Å². The highest BCUT2D eigenvalue weighted by molar-refractivity contribution is 5.92. The molecule has 0 fully saturated rings. The van der Waals surface area contributed by atoms with E-state index < -0.39 is 0 Å². The van der Waals surface area contributed by atoms with Gasteiger partial charge in [0.05, 0.1) is 6.42 Å². The largest absolute Gasteiger partial charge is 0.326 e. The molecule has 0 spiro atoms. The summed E-state index contributed by atoms with van der Waals surface area (Å²) in [7, 11) is 0. The first-order valence-corrected chi connectivity index (χ1v) is 8.06. The quantitative estimate of drug-likeness (QED) is 0.801. The molecule has 2 heterocycles. The maximum atomic E-state index is 12.4. The fourth-order valence-electron chi connectivity index (χ4n) is 2.66. The van der Waals surface area contributed by atoms with Gasteiger partial charge in [-0.1, -0.05) is 24.6 Å². The van der Waals surface area contributed by atoms with E-state index >= 15 is 0 Å². The summed E-state index contributed by atoms with van der Waals surface area (Å²) >= 11 is 0. The first kappa shape index (κ1) is 16.1. The lowest BCUT2D eigenvalue weighted by Gasteiger charge is -2.11. The minimum Gasteiger partial charge on any atom is -0.326 e. The van der Waals surface area contributed by atoms with Crippen LogP contribution < -0.4 is 5.32 Å². The molecule has 0 saturated carbocycles. The number of benzene rings is 1. The van der Waals surface area contributed by atoms with Crippen LogP contribution in [0, 0.1) is 20.8 Å². The first-order valence-electron chi connectivity index (χ1n) is 8.06. The summed E-state index contributed by atoms with van der Waals surface area (Å²) in [4.78, 5) is 21.3. The Morgan fingerprint density at radius 1 is 1.12 bits per heavy atom. The summed E-state index contributed by atoms with van der Waals surface area (Å²) in [6, 6.07) is 7.75. The van der Waals surface area contributed by atoms with Gasteiger partial charge in [0.2, 0.25) is 5.91 Å². The Balaban J connectivity index is 1.86. The van der Waals surface area contributed by atoms with Crippen LogP contribution in [0.3, 0.4) is 0 Å². The third-order valence-electron chi connectivity index (χ3n) is 4.08. The lowest BCUT2D eigenvalue weighted by Crippen LogP contribution is -2.17. The van der Waals surface area contributed by atoms with Gasteiger partial charge in [0.25, 0.3) is 5.78 Å². The lowest BCUT2D eigenvalue weighted by atomic mass is 10.1. The molecule has 0 bridgehead atoms. The van der Waals surface area contributed by atoms with Crippen molar-refractivity contribution in [2.75, 3.05) is 5.32 Å². The monoisotopic (exact) mass is 323 g/mol. The number of nitrogens with zero attached hydrogens (tertiary/aromatic N) is 4. The normalized spacial score (nSPS) is 11.0. The average Bonchev–Trinajstić information content (AvgIpc) is 2.97. The summed E-state index contributed by atoms with van der Waals surface area (Å²) in [5.41, 5.74) is 4.56. The van der Waals surface area contributed by atoms with Gasteiger partial charge in [0, 0.05) is 29.1 Å². The van der Waals surface area contributed by atoms with E-state index in [1.54, 1.807) is 4.52 Å². The molecular formula is C18H21N5O. The molecule has 24 heavy (non-hydrogen) atoms. The van der Waals surface area contributed by atoms with Gasteiger partial charge >= 0.3 is 0 Å². The van der Waals surface area contributed by atoms with Gasteiger partial charge in [-0.25, -0.2) is 9.50 Å². The van der Waals surface area contributed by atoms with E-state index in [0.717, 1.165) is 40.4 Å². The number of rotatable bonds is 4. The molecule has 0 radical (unpaired) electrons. The number of carbonyl (C=O) groups is 1. The minimum atomic E-state index is -0.0676. The standard InChI is InChI=1S/C18H21N5O/c1-5-16-21-18-19-12(3)15(13(4)23(18)22-16)10-17(24)20-14-8-6-11(2)7-9-14/h6-9H,5,10H2,1-4H3,(H,20,24). The highest BCUT2D eigenvalue weighted by Crippen LogP contribution is 2.16. The molecule has 3 aromatic rings. The Kier molecular flexibility index (Phi) is 4.29. The van der Waals surface area contributed by atoms with E-state index in [1.807, 2.05) is 52.0 Å². The van der Waals surface area contributed by atoms with Gasteiger partial charge in [-0.05, 0) is 32.9 Å². The summed E-state index contributed by atoms with van der Waals surface area (Å²) < 4.78 is 1.72. The van der Waals surface area contributed by atoms with Gasteiger partial charge in [-0.3, -0.25) is 4.79 Å². The van der Waals surface area contributed by atoms with Crippen molar-refractivity contribution in [2.24, 2.45) is 0 Å². The van der Waals surface area contributed by atoms with E-state index in [4.69, 9.17) is 0 Å². The summed E-state index contributed by atoms with van der Waals surface area (Å²) in [6.07, 6.45) is 1.01. The van der Waals surface area contributed by atoms with E-state index in [0.29, 0.717) is 5.78 Å². The number of hydrogen-bond donors (Lipinski definition) is 1. The summed E-state index contributed by atoms with van der Waals surface area (Å²) in [5.74, 6) is 1.28. The molecule has 2 aromatic heterocycles. The third kappa shape index (κ3) is 3.13. The Morgan fingerprint density at radius 2 is 1.83 bits per heavy atom. The molecule has 0 atom stereocenters. The van der Waals surface area contributed by atoms with Gasteiger partial charge in [-0.15, -0.1) is 5.10 Å². The average molecular weight is 323 g/mol. The van der Waals surface area contributed by atoms with Crippen LogP contribution in [0.15, 0.2) is 24.3 Å². The van der Waals surface area contributed by atoms with Crippen LogP contribution in [-0.4, -0.2) is 25.5 Å². The number of fused-ring (bicyclic) bond motifs is 1. The second-order valence-corrected chi connectivity index (χ2v) is 5.95. The molecule has 1 N–H and O–H groups in total. The molecule has 3 rings (SSSR count). The van der Waals surface area contributed by atoms with Gasteiger partial charge < -0.3 is 5.32 Å². The van der Waals surface area contributed by atoms with Crippen LogP contribution in [0.1, 0.15) is 35.3 Å². The SMILES string of the molecule is CCc1nc2nc(C)c(CC(=O)Nc3ccc(C)cc3)c(C)n2n1. The van der Waals surface area contributed by atoms with Crippen molar-refractivity contribution in [3.05, 3.63) is 52.6 Å². The maximum absolute atomic E-state index is 12.4. The predicted octanol–water partition coefficient (Wildman–Crippen LogP) is 2.79. The number of nitrogens with one attached hydrogen (secondary N) is 1. The number of hydrogen-bond acceptors (Lipinski definition) is 4. The smallest absolute Gasteiger partial charge is 0.252 e. The van der Waals surface area contributed by atoms with Crippen molar-refractivity contribution < 1.29 is 4.79 Å². The molecule has 0 aliphatic heterocycles. The van der Waals surface area contributed by atoms with E-state index in [-0.39, 0.29) is 12.3 Å². The van der Waals surface area contributed by atoms with Gasteiger partial charge in [0.15, 0.2) is 5.82 Å². The summed E-state index contributed by atoms with van der Waals surface area (Å²) in [6.45, 7) is 7.88. The highest BCUT2D eigenvalue weighted by atomic mass is 16.1. The Hall–Kier alpha value is -2.76. The molecule has 1 aromatic carbocycles. The molecule has 1 amide bonds. The van der Waals surface area contributed by atoms with Crippen LogP contribution >= 0.6 is 0 Å². The van der Waals surface area contributed by atoms with Crippen LogP contribution in [0.25, 0.3) is 5.78 Å². The molecule has 0 saturated heterocycles. The molecule has 6 heteroatoms. The van der Waals surface area contributed by atoms with E-state index in [1.165, 1.54) is 0 Å². The Labute approximate surface area is 141 Å². The van der Waals surface area contributed by atoms with Crippen molar-refractivity contribution in [1.82, 2.24) is 19.6 Å². The molecule has 0 unspecified atom stereocenters. The summed E-state index contributed by atoms with van der Waals surface area (Å²) in [5, 5.41) is 7.37. The van der Waals surface area contributed by atoms with Crippen molar-refractivity contribution in [2.45, 2.75) is 40.5 Å². The predicted molar refractivity (Wildman–Crippen MR) is 93.1 cm³/mol. The van der Waals surface area contributed by atoms with Crippen molar-refractivity contribution in [3.63, 3.8) is 0 Å². The molecule has 0 aliphatic carbocycles. The molecular weight excluding hydrogens is 302 g/mol. The third-order valence-corrected chi connectivity index (χ3v) is 4.08. The zero-order chi connectivity index (χ0) is 17.3. The number of amides is 1. The van der Waals surface area contributed by atoms with Crippen molar-refractivity contribution >= 4 is 17.4 Å². The van der Waals surface area contributed by atoms with Crippen LogP contribution in [0.2, 0.25) is 0 Å². The second kappa shape index (κ2) is 6.39. The van der Waals surface area contributed by atoms with Gasteiger partial charge in [0.1, 0.15) is 0 Å². The first-order chi connectivity index (χ1) is 11.5. The van der Waals surface area contributed by atoms with Gasteiger partial charge in [-0.2, -0.15) is 4.98 Å². The fraction of sp³-hybridized carbons (Fsp3) is 0.333. The number of aromatic nitrogens is 4. The number of anilines is 1. The fourth-order valence-corrected chi connectivity index (χ4v) is 2.66.